The van der Waals surface area contributed by atoms with Crippen molar-refractivity contribution < 1.29 is 9.53 Å². The van der Waals surface area contributed by atoms with Crippen molar-refractivity contribution in [2.24, 2.45) is 0 Å². The summed E-state index contributed by atoms with van der Waals surface area (Å²) in [5.74, 6) is -0.310. The molecule has 1 aromatic rings. The second kappa shape index (κ2) is 3.69. The highest BCUT2D eigenvalue weighted by atomic mass is 127. The van der Waals surface area contributed by atoms with Gasteiger partial charge in [0, 0.05) is 9.77 Å². The Hall–Kier alpha value is -0.520. The van der Waals surface area contributed by atoms with Gasteiger partial charge in [0.2, 0.25) is 0 Å². The van der Waals surface area contributed by atoms with E-state index in [0.717, 1.165) is 3.57 Å². The molecule has 0 spiro atoms. The molecule has 72 valence electrons. The van der Waals surface area contributed by atoms with E-state index in [9.17, 15) is 4.79 Å². The third kappa shape index (κ3) is 3.38. The SMILES string of the molecule is CC(C)(C)OC(=O)c1cc(I)c[nH]1. The molecule has 0 atom stereocenters. The van der Waals surface area contributed by atoms with E-state index in [1.54, 1.807) is 12.3 Å². The number of halogens is 1. The predicted octanol–water partition coefficient (Wildman–Crippen LogP) is 2.57. The fourth-order valence-electron chi connectivity index (χ4n) is 0.819. The summed E-state index contributed by atoms with van der Waals surface area (Å²) in [6, 6.07) is 1.76. The smallest absolute Gasteiger partial charge is 0.355 e. The molecule has 1 aromatic heterocycles. The zero-order valence-corrected chi connectivity index (χ0v) is 10.0. The van der Waals surface area contributed by atoms with Crippen molar-refractivity contribution in [2.45, 2.75) is 26.4 Å². The van der Waals surface area contributed by atoms with Crippen LogP contribution in [0, 0.1) is 3.57 Å². The molecule has 1 rings (SSSR count). The molecule has 0 saturated heterocycles. The van der Waals surface area contributed by atoms with Crippen LogP contribution >= 0.6 is 22.6 Å². The fraction of sp³-hybridized carbons (Fsp3) is 0.444. The first kappa shape index (κ1) is 10.6. The Balaban J connectivity index is 2.70. The van der Waals surface area contributed by atoms with Crippen LogP contribution in [0.1, 0.15) is 31.3 Å². The number of nitrogens with one attached hydrogen (secondary N) is 1. The van der Waals surface area contributed by atoms with E-state index in [2.05, 4.69) is 27.6 Å². The molecule has 1 N–H and O–H groups in total. The molecule has 13 heavy (non-hydrogen) atoms. The summed E-state index contributed by atoms with van der Waals surface area (Å²) in [6.07, 6.45) is 1.76. The van der Waals surface area contributed by atoms with Crippen LogP contribution in [0.15, 0.2) is 12.3 Å². The van der Waals surface area contributed by atoms with Crippen LogP contribution < -0.4 is 0 Å². The summed E-state index contributed by atoms with van der Waals surface area (Å²) in [7, 11) is 0. The number of esters is 1. The molecule has 0 aliphatic rings. The van der Waals surface area contributed by atoms with E-state index in [1.807, 2.05) is 20.8 Å². The molecular formula is C9H12INO2. The number of aromatic nitrogens is 1. The molecule has 0 radical (unpaired) electrons. The van der Waals surface area contributed by atoms with Gasteiger partial charge in [-0.05, 0) is 49.4 Å². The fourth-order valence-corrected chi connectivity index (χ4v) is 1.29. The summed E-state index contributed by atoms with van der Waals surface area (Å²) >= 11 is 2.13. The Kier molecular flexibility index (Phi) is 3.00. The first-order valence-electron chi connectivity index (χ1n) is 3.96. The van der Waals surface area contributed by atoms with Crippen molar-refractivity contribution in [3.05, 3.63) is 21.5 Å². The van der Waals surface area contributed by atoms with Crippen LogP contribution in [0.25, 0.3) is 0 Å². The van der Waals surface area contributed by atoms with Gasteiger partial charge in [0.1, 0.15) is 11.3 Å². The highest BCUT2D eigenvalue weighted by molar-refractivity contribution is 14.1. The average molecular weight is 293 g/mol. The minimum absolute atomic E-state index is 0.310. The van der Waals surface area contributed by atoms with Crippen LogP contribution in [0.5, 0.6) is 0 Å². The summed E-state index contributed by atoms with van der Waals surface area (Å²) in [4.78, 5) is 14.3. The van der Waals surface area contributed by atoms with Crippen molar-refractivity contribution >= 4 is 28.6 Å². The molecule has 3 nitrogen and oxygen atoms in total. The summed E-state index contributed by atoms with van der Waals surface area (Å²) < 4.78 is 6.16. The minimum Gasteiger partial charge on any atom is -0.455 e. The van der Waals surface area contributed by atoms with Gasteiger partial charge in [-0.25, -0.2) is 4.79 Å². The number of rotatable bonds is 1. The van der Waals surface area contributed by atoms with Crippen molar-refractivity contribution in [3.8, 4) is 0 Å². The molecule has 0 bridgehead atoms. The number of carbonyl (C=O) groups is 1. The average Bonchev–Trinajstić information content (AvgIpc) is 2.31. The highest BCUT2D eigenvalue weighted by Gasteiger charge is 2.18. The van der Waals surface area contributed by atoms with E-state index < -0.39 is 5.60 Å². The maximum absolute atomic E-state index is 11.4. The number of hydrogen-bond acceptors (Lipinski definition) is 2. The first-order valence-corrected chi connectivity index (χ1v) is 5.03. The predicted molar refractivity (Wildman–Crippen MR) is 58.7 cm³/mol. The molecular weight excluding hydrogens is 281 g/mol. The molecule has 0 aliphatic heterocycles. The Labute approximate surface area is 91.0 Å². The lowest BCUT2D eigenvalue weighted by Gasteiger charge is -2.18. The lowest BCUT2D eigenvalue weighted by molar-refractivity contribution is 0.00636. The van der Waals surface area contributed by atoms with Crippen LogP contribution in [0.4, 0.5) is 0 Å². The second-order valence-corrected chi connectivity index (χ2v) is 4.98. The van der Waals surface area contributed by atoms with Gasteiger partial charge in [0.25, 0.3) is 0 Å². The third-order valence-electron chi connectivity index (χ3n) is 1.27. The largest absolute Gasteiger partial charge is 0.455 e. The van der Waals surface area contributed by atoms with Gasteiger partial charge >= 0.3 is 5.97 Å². The number of hydrogen-bond donors (Lipinski definition) is 1. The van der Waals surface area contributed by atoms with Crippen molar-refractivity contribution in [1.29, 1.82) is 0 Å². The van der Waals surface area contributed by atoms with Gasteiger partial charge in [-0.1, -0.05) is 0 Å². The zero-order valence-electron chi connectivity index (χ0n) is 7.85. The molecule has 0 saturated carbocycles. The minimum atomic E-state index is -0.437. The van der Waals surface area contributed by atoms with E-state index in [-0.39, 0.29) is 5.97 Å². The lowest BCUT2D eigenvalue weighted by atomic mass is 10.2. The van der Waals surface area contributed by atoms with Crippen molar-refractivity contribution in [2.75, 3.05) is 0 Å². The first-order chi connectivity index (χ1) is 5.88. The van der Waals surface area contributed by atoms with Gasteiger partial charge in [0.15, 0.2) is 0 Å². The Morgan fingerprint density at radius 3 is 2.54 bits per heavy atom. The number of ether oxygens (including phenoxy) is 1. The molecule has 0 amide bonds. The summed E-state index contributed by atoms with van der Waals surface area (Å²) in [5.41, 5.74) is 0.0625. The van der Waals surface area contributed by atoms with Crippen LogP contribution in [-0.2, 0) is 4.74 Å². The highest BCUT2D eigenvalue weighted by Crippen LogP contribution is 2.13. The topological polar surface area (TPSA) is 42.1 Å². The lowest BCUT2D eigenvalue weighted by Crippen LogP contribution is -2.24. The molecule has 1 heterocycles. The van der Waals surface area contributed by atoms with Gasteiger partial charge in [-0.15, -0.1) is 0 Å². The third-order valence-corrected chi connectivity index (χ3v) is 1.89. The number of H-pyrrole nitrogens is 1. The molecule has 4 heteroatoms. The zero-order chi connectivity index (χ0) is 10.1. The monoisotopic (exact) mass is 293 g/mol. The number of aromatic amines is 1. The summed E-state index contributed by atoms with van der Waals surface area (Å²) in [5, 5.41) is 0. The van der Waals surface area contributed by atoms with Gasteiger partial charge < -0.3 is 9.72 Å². The quantitative estimate of drug-likeness (QED) is 0.638. The standard InChI is InChI=1S/C9H12INO2/c1-9(2,3)13-8(12)7-4-6(10)5-11-7/h4-5,11H,1-3H3. The Bertz CT molecular complexity index is 312. The Morgan fingerprint density at radius 2 is 2.15 bits per heavy atom. The van der Waals surface area contributed by atoms with E-state index in [0.29, 0.717) is 5.69 Å². The maximum atomic E-state index is 11.4. The van der Waals surface area contributed by atoms with Crippen LogP contribution in [-0.4, -0.2) is 16.6 Å². The van der Waals surface area contributed by atoms with Crippen molar-refractivity contribution in [3.63, 3.8) is 0 Å². The van der Waals surface area contributed by atoms with Crippen LogP contribution in [0.3, 0.4) is 0 Å². The van der Waals surface area contributed by atoms with Crippen molar-refractivity contribution in [1.82, 2.24) is 4.98 Å². The van der Waals surface area contributed by atoms with E-state index >= 15 is 0 Å². The van der Waals surface area contributed by atoms with Gasteiger partial charge in [0.05, 0.1) is 0 Å². The molecule has 0 unspecified atom stereocenters. The summed E-state index contributed by atoms with van der Waals surface area (Å²) in [6.45, 7) is 5.54. The van der Waals surface area contributed by atoms with Crippen LogP contribution in [0.2, 0.25) is 0 Å². The second-order valence-electron chi connectivity index (χ2n) is 3.73. The van der Waals surface area contributed by atoms with Gasteiger partial charge in [-0.2, -0.15) is 0 Å². The normalized spacial score (nSPS) is 11.4. The molecule has 0 aliphatic carbocycles. The number of carbonyl (C=O) groups excluding carboxylic acids is 1. The molecule has 0 fully saturated rings. The maximum Gasteiger partial charge on any atom is 0.355 e. The van der Waals surface area contributed by atoms with Gasteiger partial charge in [-0.3, -0.25) is 0 Å². The van der Waals surface area contributed by atoms with E-state index in [1.165, 1.54) is 0 Å². The molecule has 0 aromatic carbocycles. The van der Waals surface area contributed by atoms with E-state index in [4.69, 9.17) is 4.74 Å². The Morgan fingerprint density at radius 1 is 1.54 bits per heavy atom.